The van der Waals surface area contributed by atoms with Crippen molar-refractivity contribution in [2.24, 2.45) is 5.73 Å². The van der Waals surface area contributed by atoms with Gasteiger partial charge in [-0.2, -0.15) is 13.2 Å². The summed E-state index contributed by atoms with van der Waals surface area (Å²) in [5, 5.41) is 9.79. The third-order valence-electron chi connectivity index (χ3n) is 3.47. The lowest BCUT2D eigenvalue weighted by atomic mass is 9.74. The summed E-state index contributed by atoms with van der Waals surface area (Å²) in [6.45, 7) is 2.94. The summed E-state index contributed by atoms with van der Waals surface area (Å²) in [4.78, 5) is 11.2. The van der Waals surface area contributed by atoms with Crippen molar-refractivity contribution >= 4 is 21.8 Å². The van der Waals surface area contributed by atoms with Gasteiger partial charge in [0.05, 0.1) is 7.11 Å². The molecule has 1 atom stereocenters. The van der Waals surface area contributed by atoms with E-state index in [0.29, 0.717) is 15.8 Å². The summed E-state index contributed by atoms with van der Waals surface area (Å²) >= 11 is 3.24. The van der Waals surface area contributed by atoms with E-state index in [4.69, 9.17) is 10.5 Å². The number of rotatable bonds is 5. The SMILES string of the molecule is COc1cc(Br)ccc1C(C)(C)CC(O)(C(N)=O)C(F)(F)F. The van der Waals surface area contributed by atoms with Gasteiger partial charge in [-0.15, -0.1) is 0 Å². The lowest BCUT2D eigenvalue weighted by Gasteiger charge is -2.36. The van der Waals surface area contributed by atoms with E-state index in [9.17, 15) is 23.1 Å². The molecule has 0 saturated carbocycles. The van der Waals surface area contributed by atoms with Crippen LogP contribution in [0.25, 0.3) is 0 Å². The van der Waals surface area contributed by atoms with Gasteiger partial charge in [0.25, 0.3) is 5.91 Å². The Kier molecular flexibility index (Phi) is 5.18. The molecule has 1 amide bonds. The molecular formula is C14H17BrF3NO3. The largest absolute Gasteiger partial charge is 0.496 e. The third kappa shape index (κ3) is 3.55. The second kappa shape index (κ2) is 6.08. The van der Waals surface area contributed by atoms with Gasteiger partial charge >= 0.3 is 6.18 Å². The topological polar surface area (TPSA) is 72.6 Å². The number of amides is 1. The molecule has 0 bridgehead atoms. The maximum absolute atomic E-state index is 13.1. The number of hydrogen-bond donors (Lipinski definition) is 2. The molecule has 1 aromatic rings. The molecule has 1 unspecified atom stereocenters. The summed E-state index contributed by atoms with van der Waals surface area (Å²) in [5.41, 5.74) is 0.375. The number of carbonyl (C=O) groups is 1. The van der Waals surface area contributed by atoms with Crippen LogP contribution in [-0.2, 0) is 10.2 Å². The number of aliphatic hydroxyl groups is 1. The van der Waals surface area contributed by atoms with E-state index in [1.807, 2.05) is 0 Å². The maximum Gasteiger partial charge on any atom is 0.426 e. The van der Waals surface area contributed by atoms with Crippen LogP contribution < -0.4 is 10.5 Å². The Balaban J connectivity index is 3.33. The van der Waals surface area contributed by atoms with E-state index in [0.717, 1.165) is 0 Å². The zero-order valence-corrected chi connectivity index (χ0v) is 13.9. The van der Waals surface area contributed by atoms with Crippen LogP contribution in [0.3, 0.4) is 0 Å². The third-order valence-corrected chi connectivity index (χ3v) is 3.96. The minimum atomic E-state index is -5.17. The van der Waals surface area contributed by atoms with Crippen LogP contribution in [0.5, 0.6) is 5.75 Å². The molecule has 0 heterocycles. The van der Waals surface area contributed by atoms with E-state index in [1.165, 1.54) is 21.0 Å². The van der Waals surface area contributed by atoms with Gasteiger partial charge in [0.15, 0.2) is 0 Å². The highest BCUT2D eigenvalue weighted by molar-refractivity contribution is 9.10. The highest BCUT2D eigenvalue weighted by atomic mass is 79.9. The molecule has 0 radical (unpaired) electrons. The molecule has 1 aromatic carbocycles. The molecule has 3 N–H and O–H groups in total. The fourth-order valence-corrected chi connectivity index (χ4v) is 2.63. The fraction of sp³-hybridized carbons (Fsp3) is 0.500. The summed E-state index contributed by atoms with van der Waals surface area (Å²) in [5.74, 6) is -1.49. The molecule has 22 heavy (non-hydrogen) atoms. The van der Waals surface area contributed by atoms with Crippen molar-refractivity contribution in [2.45, 2.75) is 37.5 Å². The first kappa shape index (κ1) is 18.8. The highest BCUT2D eigenvalue weighted by Gasteiger charge is 2.60. The Morgan fingerprint density at radius 1 is 1.36 bits per heavy atom. The summed E-state index contributed by atoms with van der Waals surface area (Å²) in [6.07, 6.45) is -6.09. The van der Waals surface area contributed by atoms with Crippen molar-refractivity contribution in [1.29, 1.82) is 0 Å². The first-order chi connectivity index (χ1) is 9.85. The molecule has 0 aliphatic heterocycles. The lowest BCUT2D eigenvalue weighted by molar-refractivity contribution is -0.255. The van der Waals surface area contributed by atoms with Crippen molar-refractivity contribution in [3.05, 3.63) is 28.2 Å². The minimum absolute atomic E-state index is 0.341. The zero-order chi connectivity index (χ0) is 17.3. The Labute approximate surface area is 134 Å². The van der Waals surface area contributed by atoms with E-state index < -0.39 is 29.5 Å². The standard InChI is InChI=1S/C14H17BrF3NO3/c1-12(2,7-13(21,11(19)20)14(16,17)18)9-5-4-8(15)6-10(9)22-3/h4-6,21H,7H2,1-3H3,(H2,19,20). The molecule has 8 heteroatoms. The van der Waals surface area contributed by atoms with Gasteiger partial charge in [0.1, 0.15) is 5.75 Å². The molecule has 0 fully saturated rings. The zero-order valence-electron chi connectivity index (χ0n) is 12.3. The average molecular weight is 384 g/mol. The van der Waals surface area contributed by atoms with Crippen LogP contribution in [-0.4, -0.2) is 29.9 Å². The Bertz CT molecular complexity index is 575. The van der Waals surface area contributed by atoms with Gasteiger partial charge in [0.2, 0.25) is 5.60 Å². The highest BCUT2D eigenvalue weighted by Crippen LogP contribution is 2.43. The number of alkyl halides is 3. The van der Waals surface area contributed by atoms with Crippen molar-refractivity contribution in [2.75, 3.05) is 7.11 Å². The second-order valence-corrected chi connectivity index (χ2v) is 6.54. The van der Waals surface area contributed by atoms with E-state index >= 15 is 0 Å². The number of hydrogen-bond acceptors (Lipinski definition) is 3. The number of carbonyl (C=O) groups excluding carboxylic acids is 1. The molecular weight excluding hydrogens is 367 g/mol. The molecule has 0 saturated heterocycles. The number of ether oxygens (including phenoxy) is 1. The van der Waals surface area contributed by atoms with E-state index in [-0.39, 0.29) is 0 Å². The Morgan fingerprint density at radius 3 is 2.32 bits per heavy atom. The predicted molar refractivity (Wildman–Crippen MR) is 78.5 cm³/mol. The van der Waals surface area contributed by atoms with Crippen molar-refractivity contribution < 1.29 is 27.8 Å². The van der Waals surface area contributed by atoms with Gasteiger partial charge in [-0.25, -0.2) is 0 Å². The number of methoxy groups -OCH3 is 1. The van der Waals surface area contributed by atoms with Crippen LogP contribution >= 0.6 is 15.9 Å². The normalized spacial score (nSPS) is 15.3. The lowest BCUT2D eigenvalue weighted by Crippen LogP contribution is -2.58. The number of halogens is 4. The molecule has 0 aliphatic rings. The smallest absolute Gasteiger partial charge is 0.426 e. The summed E-state index contributed by atoms with van der Waals surface area (Å²) < 4.78 is 45.0. The maximum atomic E-state index is 13.1. The van der Waals surface area contributed by atoms with E-state index in [1.54, 1.807) is 18.2 Å². The molecule has 1 rings (SSSR count). The Morgan fingerprint density at radius 2 is 1.91 bits per heavy atom. The van der Waals surface area contributed by atoms with Crippen LogP contribution in [0.2, 0.25) is 0 Å². The summed E-state index contributed by atoms with van der Waals surface area (Å²) in [7, 11) is 1.38. The van der Waals surface area contributed by atoms with Crippen LogP contribution in [0.15, 0.2) is 22.7 Å². The molecule has 0 spiro atoms. The quantitative estimate of drug-likeness (QED) is 0.820. The first-order valence-electron chi connectivity index (χ1n) is 6.28. The first-order valence-corrected chi connectivity index (χ1v) is 7.07. The van der Waals surface area contributed by atoms with Gasteiger partial charge in [0, 0.05) is 10.9 Å². The minimum Gasteiger partial charge on any atom is -0.496 e. The fourth-order valence-electron chi connectivity index (χ4n) is 2.29. The van der Waals surface area contributed by atoms with Crippen LogP contribution in [0.4, 0.5) is 13.2 Å². The molecule has 4 nitrogen and oxygen atoms in total. The van der Waals surface area contributed by atoms with Crippen molar-refractivity contribution in [3.8, 4) is 5.75 Å². The van der Waals surface area contributed by atoms with E-state index in [2.05, 4.69) is 15.9 Å². The number of primary amides is 1. The van der Waals surface area contributed by atoms with Crippen molar-refractivity contribution in [1.82, 2.24) is 0 Å². The Hall–Kier alpha value is -1.28. The molecule has 0 aliphatic carbocycles. The van der Waals surface area contributed by atoms with Gasteiger partial charge in [-0.05, 0) is 23.1 Å². The number of nitrogens with two attached hydrogens (primary N) is 1. The average Bonchev–Trinajstić information content (AvgIpc) is 2.35. The van der Waals surface area contributed by atoms with Crippen molar-refractivity contribution in [3.63, 3.8) is 0 Å². The number of benzene rings is 1. The molecule has 0 aromatic heterocycles. The van der Waals surface area contributed by atoms with Crippen LogP contribution in [0, 0.1) is 0 Å². The van der Waals surface area contributed by atoms with Gasteiger partial charge in [-0.1, -0.05) is 35.8 Å². The monoisotopic (exact) mass is 383 g/mol. The van der Waals surface area contributed by atoms with Gasteiger partial charge in [-0.3, -0.25) is 4.79 Å². The second-order valence-electron chi connectivity index (χ2n) is 5.63. The molecule has 124 valence electrons. The summed E-state index contributed by atoms with van der Waals surface area (Å²) in [6, 6.07) is 4.80. The van der Waals surface area contributed by atoms with Crippen LogP contribution in [0.1, 0.15) is 25.8 Å². The predicted octanol–water partition coefficient (Wildman–Crippen LogP) is 2.90. The van der Waals surface area contributed by atoms with Gasteiger partial charge < -0.3 is 15.6 Å².